The van der Waals surface area contributed by atoms with Crippen LogP contribution in [0.25, 0.3) is 0 Å². The second kappa shape index (κ2) is 7.99. The summed E-state index contributed by atoms with van der Waals surface area (Å²) in [6.07, 6.45) is 0. The van der Waals surface area contributed by atoms with Gasteiger partial charge in [0.1, 0.15) is 0 Å². The second-order valence-electron chi connectivity index (χ2n) is 6.58. The lowest BCUT2D eigenvalue weighted by atomic mass is 10.0. The van der Waals surface area contributed by atoms with E-state index in [0.29, 0.717) is 12.2 Å². The Kier molecular flexibility index (Phi) is 6.17. The normalized spacial score (nSPS) is 12.8. The van der Waals surface area contributed by atoms with Crippen LogP contribution >= 0.6 is 0 Å². The van der Waals surface area contributed by atoms with Gasteiger partial charge in [0.05, 0.1) is 10.9 Å². The third-order valence-corrected chi connectivity index (χ3v) is 5.34. The number of carbonyl (C=O) groups excluding carboxylic acids is 1. The molecule has 0 aliphatic rings. The quantitative estimate of drug-likeness (QED) is 0.811. The second-order valence-corrected chi connectivity index (χ2v) is 8.14. The Morgan fingerprint density at radius 2 is 1.77 bits per heavy atom. The Bertz CT molecular complexity index is 893. The molecule has 26 heavy (non-hydrogen) atoms. The van der Waals surface area contributed by atoms with Crippen molar-refractivity contribution in [3.8, 4) is 0 Å². The molecule has 0 aliphatic heterocycles. The summed E-state index contributed by atoms with van der Waals surface area (Å²) < 4.78 is 22.5. The molecule has 2 aromatic carbocycles. The largest absolute Gasteiger partial charge is 0.325 e. The molecule has 0 saturated heterocycles. The number of benzene rings is 2. The molecule has 140 valence electrons. The van der Waals surface area contributed by atoms with Crippen LogP contribution in [-0.4, -0.2) is 32.3 Å². The zero-order valence-electron chi connectivity index (χ0n) is 15.5. The molecule has 0 heterocycles. The van der Waals surface area contributed by atoms with Gasteiger partial charge in [-0.15, -0.1) is 0 Å². The first-order valence-electron chi connectivity index (χ1n) is 8.28. The van der Waals surface area contributed by atoms with Crippen LogP contribution in [0.2, 0.25) is 0 Å². The van der Waals surface area contributed by atoms with Crippen LogP contribution in [0.15, 0.2) is 47.4 Å². The Morgan fingerprint density at radius 1 is 1.15 bits per heavy atom. The Balaban J connectivity index is 2.02. The number of sulfonamides is 1. The summed E-state index contributed by atoms with van der Waals surface area (Å²) in [4.78, 5) is 14.4. The fourth-order valence-electron chi connectivity index (χ4n) is 2.60. The minimum atomic E-state index is -3.74. The zero-order chi connectivity index (χ0) is 19.5. The molecule has 0 saturated carbocycles. The third kappa shape index (κ3) is 5.14. The molecule has 2 rings (SSSR count). The first-order valence-corrected chi connectivity index (χ1v) is 9.82. The van der Waals surface area contributed by atoms with Crippen LogP contribution in [0.4, 0.5) is 5.69 Å². The summed E-state index contributed by atoms with van der Waals surface area (Å²) in [6, 6.07) is 11.7. The Hall–Kier alpha value is -2.22. The molecule has 0 aromatic heterocycles. The number of amides is 1. The predicted octanol–water partition coefficient (Wildman–Crippen LogP) is 2.41. The topological polar surface area (TPSA) is 92.5 Å². The SMILES string of the molecule is Cc1ccc(CN(C)C(C)C(=O)Nc2ccc(S(N)(=O)=O)cc2)c(C)c1. The molecule has 0 bridgehead atoms. The number of nitrogens with two attached hydrogens (primary N) is 1. The van der Waals surface area contributed by atoms with Gasteiger partial charge in [0.25, 0.3) is 0 Å². The van der Waals surface area contributed by atoms with Crippen molar-refractivity contribution in [3.05, 3.63) is 59.2 Å². The lowest BCUT2D eigenvalue weighted by Crippen LogP contribution is -2.39. The highest BCUT2D eigenvalue weighted by Crippen LogP contribution is 2.16. The van der Waals surface area contributed by atoms with Gasteiger partial charge in [0, 0.05) is 12.2 Å². The predicted molar refractivity (Wildman–Crippen MR) is 103 cm³/mol. The number of primary sulfonamides is 1. The molecule has 0 radical (unpaired) electrons. The maximum atomic E-state index is 12.5. The van der Waals surface area contributed by atoms with E-state index < -0.39 is 10.0 Å². The number of nitrogens with zero attached hydrogens (tertiary/aromatic N) is 1. The summed E-state index contributed by atoms with van der Waals surface area (Å²) in [5.74, 6) is -0.166. The average molecular weight is 375 g/mol. The molecule has 1 atom stereocenters. The molecule has 0 fully saturated rings. The van der Waals surface area contributed by atoms with E-state index in [1.165, 1.54) is 41.0 Å². The molecule has 2 aromatic rings. The van der Waals surface area contributed by atoms with Gasteiger partial charge in [-0.1, -0.05) is 23.8 Å². The van der Waals surface area contributed by atoms with E-state index in [1.807, 2.05) is 18.9 Å². The van der Waals surface area contributed by atoms with E-state index in [-0.39, 0.29) is 16.8 Å². The van der Waals surface area contributed by atoms with Crippen LogP contribution in [0.1, 0.15) is 23.6 Å². The Morgan fingerprint density at radius 3 is 2.31 bits per heavy atom. The van der Waals surface area contributed by atoms with Crippen molar-refractivity contribution in [2.24, 2.45) is 5.14 Å². The van der Waals surface area contributed by atoms with Crippen molar-refractivity contribution in [2.45, 2.75) is 38.3 Å². The molecule has 1 unspecified atom stereocenters. The van der Waals surface area contributed by atoms with Gasteiger partial charge in [0.2, 0.25) is 15.9 Å². The van der Waals surface area contributed by atoms with Crippen molar-refractivity contribution < 1.29 is 13.2 Å². The van der Waals surface area contributed by atoms with E-state index in [2.05, 4.69) is 37.4 Å². The van der Waals surface area contributed by atoms with Crippen molar-refractivity contribution >= 4 is 21.6 Å². The highest BCUT2D eigenvalue weighted by molar-refractivity contribution is 7.89. The number of hydrogen-bond donors (Lipinski definition) is 2. The maximum absolute atomic E-state index is 12.5. The molecule has 0 aliphatic carbocycles. The molecule has 3 N–H and O–H groups in total. The van der Waals surface area contributed by atoms with Gasteiger partial charge in [-0.05, 0) is 63.2 Å². The highest BCUT2D eigenvalue weighted by Gasteiger charge is 2.19. The van der Waals surface area contributed by atoms with E-state index in [1.54, 1.807) is 0 Å². The van der Waals surface area contributed by atoms with E-state index in [9.17, 15) is 13.2 Å². The number of aryl methyl sites for hydroxylation is 2. The summed E-state index contributed by atoms with van der Waals surface area (Å²) in [5.41, 5.74) is 4.11. The monoisotopic (exact) mass is 375 g/mol. The summed E-state index contributed by atoms with van der Waals surface area (Å²) in [7, 11) is -1.84. The number of carbonyl (C=O) groups is 1. The van der Waals surface area contributed by atoms with Gasteiger partial charge in [-0.3, -0.25) is 9.69 Å². The van der Waals surface area contributed by atoms with Gasteiger partial charge >= 0.3 is 0 Å². The number of likely N-dealkylation sites (N-methyl/N-ethyl adjacent to an activating group) is 1. The molecule has 7 heteroatoms. The number of nitrogens with one attached hydrogen (secondary N) is 1. The van der Waals surface area contributed by atoms with Gasteiger partial charge in [-0.2, -0.15) is 0 Å². The van der Waals surface area contributed by atoms with Crippen LogP contribution in [-0.2, 0) is 21.4 Å². The van der Waals surface area contributed by atoms with Crippen molar-refractivity contribution in [1.29, 1.82) is 0 Å². The summed E-state index contributed by atoms with van der Waals surface area (Å²) in [5, 5.41) is 7.86. The lowest BCUT2D eigenvalue weighted by molar-refractivity contribution is -0.120. The van der Waals surface area contributed by atoms with E-state index in [0.717, 1.165) is 0 Å². The molecular formula is C19H25N3O3S. The summed E-state index contributed by atoms with van der Waals surface area (Å²) >= 11 is 0. The number of rotatable bonds is 6. The van der Waals surface area contributed by atoms with Crippen molar-refractivity contribution in [3.63, 3.8) is 0 Å². The van der Waals surface area contributed by atoms with Crippen molar-refractivity contribution in [2.75, 3.05) is 12.4 Å². The van der Waals surface area contributed by atoms with Gasteiger partial charge < -0.3 is 5.32 Å². The smallest absolute Gasteiger partial charge is 0.241 e. The van der Waals surface area contributed by atoms with Crippen LogP contribution in [0.3, 0.4) is 0 Å². The molecule has 0 spiro atoms. The molecule has 6 nitrogen and oxygen atoms in total. The van der Waals surface area contributed by atoms with Crippen LogP contribution in [0, 0.1) is 13.8 Å². The van der Waals surface area contributed by atoms with Gasteiger partial charge in [0.15, 0.2) is 0 Å². The maximum Gasteiger partial charge on any atom is 0.241 e. The average Bonchev–Trinajstić information content (AvgIpc) is 2.56. The number of hydrogen-bond acceptors (Lipinski definition) is 4. The number of anilines is 1. The highest BCUT2D eigenvalue weighted by atomic mass is 32.2. The molecular weight excluding hydrogens is 350 g/mol. The minimum Gasteiger partial charge on any atom is -0.325 e. The van der Waals surface area contributed by atoms with Crippen molar-refractivity contribution in [1.82, 2.24) is 4.90 Å². The lowest BCUT2D eigenvalue weighted by Gasteiger charge is -2.24. The van der Waals surface area contributed by atoms with E-state index in [4.69, 9.17) is 5.14 Å². The fourth-order valence-corrected chi connectivity index (χ4v) is 3.12. The minimum absolute atomic E-state index is 0.00973. The zero-order valence-corrected chi connectivity index (χ0v) is 16.3. The Labute approximate surface area is 155 Å². The summed E-state index contributed by atoms with van der Waals surface area (Å²) in [6.45, 7) is 6.61. The fraction of sp³-hybridized carbons (Fsp3) is 0.316. The van der Waals surface area contributed by atoms with Crippen LogP contribution in [0.5, 0.6) is 0 Å². The van der Waals surface area contributed by atoms with Gasteiger partial charge in [-0.25, -0.2) is 13.6 Å². The molecule has 1 amide bonds. The van der Waals surface area contributed by atoms with E-state index >= 15 is 0 Å². The standard InChI is InChI=1S/C19H25N3O3S/c1-13-5-6-16(14(2)11-13)12-22(4)15(3)19(23)21-17-7-9-18(10-8-17)26(20,24)25/h5-11,15H,12H2,1-4H3,(H,21,23)(H2,20,24,25). The third-order valence-electron chi connectivity index (χ3n) is 4.41. The first kappa shape index (κ1) is 20.1. The first-order chi connectivity index (χ1) is 12.1. The van der Waals surface area contributed by atoms with Crippen LogP contribution < -0.4 is 10.5 Å².